The van der Waals surface area contributed by atoms with Crippen molar-refractivity contribution < 1.29 is 5.11 Å². The SMILES string of the molecule is NC(CNC1CC1)c1cccc(O)c1. The first-order valence-corrected chi connectivity index (χ1v) is 5.03. The highest BCUT2D eigenvalue weighted by molar-refractivity contribution is 5.29. The fourth-order valence-corrected chi connectivity index (χ4v) is 1.45. The molecule has 14 heavy (non-hydrogen) atoms. The lowest BCUT2D eigenvalue weighted by atomic mass is 10.1. The Balaban J connectivity index is 1.91. The number of nitrogens with two attached hydrogens (primary N) is 1. The Morgan fingerprint density at radius 1 is 1.50 bits per heavy atom. The fourth-order valence-electron chi connectivity index (χ4n) is 1.45. The first kappa shape index (κ1) is 9.49. The van der Waals surface area contributed by atoms with Crippen molar-refractivity contribution in [1.82, 2.24) is 5.32 Å². The van der Waals surface area contributed by atoms with E-state index in [1.54, 1.807) is 12.1 Å². The Morgan fingerprint density at radius 3 is 2.93 bits per heavy atom. The largest absolute Gasteiger partial charge is 0.508 e. The molecule has 0 aliphatic heterocycles. The summed E-state index contributed by atoms with van der Waals surface area (Å²) in [6, 6.07) is 7.80. The number of hydrogen-bond acceptors (Lipinski definition) is 3. The van der Waals surface area contributed by atoms with Crippen LogP contribution in [0.5, 0.6) is 5.75 Å². The molecule has 1 aromatic rings. The third kappa shape index (κ3) is 2.47. The molecule has 1 unspecified atom stereocenters. The molecule has 1 atom stereocenters. The van der Waals surface area contributed by atoms with E-state index in [1.807, 2.05) is 12.1 Å². The average Bonchev–Trinajstić information content (AvgIpc) is 2.97. The first-order valence-electron chi connectivity index (χ1n) is 5.03. The van der Waals surface area contributed by atoms with Gasteiger partial charge in [0.05, 0.1) is 0 Å². The molecule has 1 fully saturated rings. The summed E-state index contributed by atoms with van der Waals surface area (Å²) in [7, 11) is 0. The molecule has 0 aromatic heterocycles. The van der Waals surface area contributed by atoms with Gasteiger partial charge < -0.3 is 16.2 Å². The van der Waals surface area contributed by atoms with Crippen LogP contribution in [0, 0.1) is 0 Å². The minimum Gasteiger partial charge on any atom is -0.508 e. The summed E-state index contributed by atoms with van der Waals surface area (Å²) in [4.78, 5) is 0. The molecule has 1 aliphatic rings. The van der Waals surface area contributed by atoms with Crippen LogP contribution >= 0.6 is 0 Å². The van der Waals surface area contributed by atoms with E-state index < -0.39 is 0 Å². The van der Waals surface area contributed by atoms with Gasteiger partial charge in [0.1, 0.15) is 5.75 Å². The minimum atomic E-state index is -0.0253. The second kappa shape index (κ2) is 3.98. The summed E-state index contributed by atoms with van der Waals surface area (Å²) < 4.78 is 0. The monoisotopic (exact) mass is 192 g/mol. The van der Waals surface area contributed by atoms with Gasteiger partial charge >= 0.3 is 0 Å². The van der Waals surface area contributed by atoms with Crippen LogP contribution in [-0.4, -0.2) is 17.7 Å². The van der Waals surface area contributed by atoms with Gasteiger partial charge in [-0.2, -0.15) is 0 Å². The lowest BCUT2D eigenvalue weighted by Gasteiger charge is -2.12. The standard InChI is InChI=1S/C11H16N2O/c12-11(7-13-9-4-5-9)8-2-1-3-10(14)6-8/h1-3,6,9,11,13-14H,4-5,7,12H2. The Kier molecular flexibility index (Phi) is 2.70. The molecular weight excluding hydrogens is 176 g/mol. The third-order valence-corrected chi connectivity index (χ3v) is 2.50. The second-order valence-electron chi connectivity index (χ2n) is 3.88. The molecule has 2 rings (SSSR count). The predicted octanol–water partition coefficient (Wildman–Crippen LogP) is 1.14. The van der Waals surface area contributed by atoms with E-state index >= 15 is 0 Å². The summed E-state index contributed by atoms with van der Waals surface area (Å²) in [6.45, 7) is 0.786. The van der Waals surface area contributed by atoms with Crippen molar-refractivity contribution in [3.63, 3.8) is 0 Å². The zero-order valence-corrected chi connectivity index (χ0v) is 8.11. The molecule has 0 radical (unpaired) electrons. The highest BCUT2D eigenvalue weighted by atomic mass is 16.3. The van der Waals surface area contributed by atoms with Crippen LogP contribution < -0.4 is 11.1 Å². The molecule has 0 bridgehead atoms. The van der Waals surface area contributed by atoms with Crippen LogP contribution in [0.4, 0.5) is 0 Å². The highest BCUT2D eigenvalue weighted by Crippen LogP contribution is 2.20. The van der Waals surface area contributed by atoms with Crippen molar-refractivity contribution in [2.24, 2.45) is 5.73 Å². The van der Waals surface area contributed by atoms with Crippen LogP contribution in [0.3, 0.4) is 0 Å². The van der Waals surface area contributed by atoms with E-state index in [0.717, 1.165) is 12.1 Å². The van der Waals surface area contributed by atoms with Gasteiger partial charge in [-0.25, -0.2) is 0 Å². The smallest absolute Gasteiger partial charge is 0.115 e. The second-order valence-corrected chi connectivity index (χ2v) is 3.88. The van der Waals surface area contributed by atoms with E-state index in [2.05, 4.69) is 5.32 Å². The zero-order chi connectivity index (χ0) is 9.97. The Labute approximate surface area is 83.9 Å². The van der Waals surface area contributed by atoms with Gasteiger partial charge in [0.15, 0.2) is 0 Å². The number of rotatable bonds is 4. The van der Waals surface area contributed by atoms with Crippen LogP contribution in [-0.2, 0) is 0 Å². The van der Waals surface area contributed by atoms with Crippen molar-refractivity contribution in [3.8, 4) is 5.75 Å². The van der Waals surface area contributed by atoms with Crippen molar-refractivity contribution in [3.05, 3.63) is 29.8 Å². The van der Waals surface area contributed by atoms with E-state index in [1.165, 1.54) is 12.8 Å². The van der Waals surface area contributed by atoms with Gasteiger partial charge in [-0.05, 0) is 30.5 Å². The molecular formula is C11H16N2O. The van der Waals surface area contributed by atoms with Gasteiger partial charge in [0, 0.05) is 18.6 Å². The fraction of sp³-hybridized carbons (Fsp3) is 0.455. The summed E-state index contributed by atoms with van der Waals surface area (Å²) >= 11 is 0. The zero-order valence-electron chi connectivity index (χ0n) is 8.11. The Bertz CT molecular complexity index is 310. The van der Waals surface area contributed by atoms with E-state index in [9.17, 15) is 5.11 Å². The van der Waals surface area contributed by atoms with Crippen LogP contribution in [0.15, 0.2) is 24.3 Å². The van der Waals surface area contributed by atoms with Crippen LogP contribution in [0.25, 0.3) is 0 Å². The quantitative estimate of drug-likeness (QED) is 0.670. The van der Waals surface area contributed by atoms with E-state index in [-0.39, 0.29) is 11.8 Å². The van der Waals surface area contributed by atoms with E-state index in [0.29, 0.717) is 6.04 Å². The van der Waals surface area contributed by atoms with Crippen molar-refractivity contribution in [1.29, 1.82) is 0 Å². The molecule has 0 amide bonds. The van der Waals surface area contributed by atoms with Gasteiger partial charge in [-0.1, -0.05) is 12.1 Å². The minimum absolute atomic E-state index is 0.0253. The molecule has 0 spiro atoms. The van der Waals surface area contributed by atoms with Crippen molar-refractivity contribution in [2.75, 3.05) is 6.54 Å². The Hall–Kier alpha value is -1.06. The summed E-state index contributed by atoms with van der Waals surface area (Å²) in [5, 5.41) is 12.6. The first-order chi connectivity index (χ1) is 6.75. The van der Waals surface area contributed by atoms with Crippen molar-refractivity contribution >= 4 is 0 Å². The molecule has 3 nitrogen and oxygen atoms in total. The van der Waals surface area contributed by atoms with Gasteiger partial charge in [-0.3, -0.25) is 0 Å². The van der Waals surface area contributed by atoms with Crippen molar-refractivity contribution in [2.45, 2.75) is 24.9 Å². The molecule has 3 heteroatoms. The number of phenols is 1. The number of benzene rings is 1. The maximum absolute atomic E-state index is 9.28. The number of aromatic hydroxyl groups is 1. The van der Waals surface area contributed by atoms with Crippen LogP contribution in [0.2, 0.25) is 0 Å². The van der Waals surface area contributed by atoms with Gasteiger partial charge in [0.25, 0.3) is 0 Å². The predicted molar refractivity (Wildman–Crippen MR) is 56.1 cm³/mol. The normalized spacial score (nSPS) is 18.1. The lowest BCUT2D eigenvalue weighted by molar-refractivity contribution is 0.473. The molecule has 4 N–H and O–H groups in total. The molecule has 76 valence electrons. The summed E-state index contributed by atoms with van der Waals surface area (Å²) in [6.07, 6.45) is 2.54. The topological polar surface area (TPSA) is 58.3 Å². The summed E-state index contributed by atoms with van der Waals surface area (Å²) in [5.74, 6) is 0.282. The highest BCUT2D eigenvalue weighted by Gasteiger charge is 2.21. The third-order valence-electron chi connectivity index (χ3n) is 2.50. The van der Waals surface area contributed by atoms with Crippen LogP contribution in [0.1, 0.15) is 24.4 Å². The van der Waals surface area contributed by atoms with Gasteiger partial charge in [-0.15, -0.1) is 0 Å². The Morgan fingerprint density at radius 2 is 2.29 bits per heavy atom. The van der Waals surface area contributed by atoms with Gasteiger partial charge in [0.2, 0.25) is 0 Å². The molecule has 1 aliphatic carbocycles. The molecule has 1 saturated carbocycles. The maximum Gasteiger partial charge on any atom is 0.115 e. The molecule has 0 heterocycles. The summed E-state index contributed by atoms with van der Waals surface area (Å²) in [5.41, 5.74) is 6.95. The molecule has 1 aromatic carbocycles. The number of hydrogen-bond donors (Lipinski definition) is 3. The number of phenolic OH excluding ortho intramolecular Hbond substituents is 1. The average molecular weight is 192 g/mol. The maximum atomic E-state index is 9.28. The number of nitrogens with one attached hydrogen (secondary N) is 1. The lowest BCUT2D eigenvalue weighted by Crippen LogP contribution is -2.28. The molecule has 0 saturated heterocycles. The van der Waals surface area contributed by atoms with E-state index in [4.69, 9.17) is 5.73 Å².